The lowest BCUT2D eigenvalue weighted by atomic mass is 10.00. The van der Waals surface area contributed by atoms with Crippen LogP contribution in [0, 0.1) is 5.92 Å². The summed E-state index contributed by atoms with van der Waals surface area (Å²) in [4.78, 5) is 12.2. The molecular weight excluding hydrogens is 300 g/mol. The molecule has 0 spiro atoms. The first-order valence-corrected chi connectivity index (χ1v) is 7.90. The largest absolute Gasteiger partial charge is 0.350 e. The molecule has 3 N–H and O–H groups in total. The van der Waals surface area contributed by atoms with Gasteiger partial charge >= 0.3 is 0 Å². The minimum Gasteiger partial charge on any atom is -0.350 e. The van der Waals surface area contributed by atoms with Crippen molar-refractivity contribution in [1.82, 2.24) is 20.8 Å². The lowest BCUT2D eigenvalue weighted by Gasteiger charge is -2.22. The van der Waals surface area contributed by atoms with Gasteiger partial charge in [0, 0.05) is 17.1 Å². The Morgan fingerprint density at radius 3 is 2.91 bits per heavy atom. The van der Waals surface area contributed by atoms with Crippen molar-refractivity contribution in [3.8, 4) is 11.3 Å². The monoisotopic (exact) mass is 318 g/mol. The molecule has 116 valence electrons. The Morgan fingerprint density at radius 2 is 2.18 bits per heavy atom. The number of amides is 1. The summed E-state index contributed by atoms with van der Waals surface area (Å²) in [6.07, 6.45) is 2.33. The fourth-order valence-electron chi connectivity index (χ4n) is 2.64. The fourth-order valence-corrected chi connectivity index (χ4v) is 2.76. The number of H-pyrrole nitrogens is 1. The van der Waals surface area contributed by atoms with E-state index in [1.807, 2.05) is 12.1 Å². The molecule has 1 atom stereocenters. The van der Waals surface area contributed by atoms with Gasteiger partial charge in [0.1, 0.15) is 5.69 Å². The van der Waals surface area contributed by atoms with Crippen molar-refractivity contribution >= 4 is 17.5 Å². The van der Waals surface area contributed by atoms with E-state index in [0.29, 0.717) is 23.2 Å². The van der Waals surface area contributed by atoms with Gasteiger partial charge in [-0.05, 0) is 50.0 Å². The molecule has 0 saturated carbocycles. The zero-order chi connectivity index (χ0) is 15.4. The Morgan fingerprint density at radius 1 is 1.36 bits per heavy atom. The number of carbonyl (C=O) groups excluding carboxylic acids is 1. The summed E-state index contributed by atoms with van der Waals surface area (Å²) in [5.41, 5.74) is 2.14. The molecule has 1 aromatic heterocycles. The summed E-state index contributed by atoms with van der Waals surface area (Å²) in [6, 6.07) is 9.14. The number of piperidine rings is 1. The van der Waals surface area contributed by atoms with Gasteiger partial charge in [-0.15, -0.1) is 0 Å². The molecule has 0 radical (unpaired) electrons. The highest BCUT2D eigenvalue weighted by Gasteiger charge is 2.16. The number of nitrogens with one attached hydrogen (secondary N) is 3. The number of hydrogen-bond donors (Lipinski definition) is 3. The van der Waals surface area contributed by atoms with E-state index < -0.39 is 0 Å². The number of aromatic amines is 1. The highest BCUT2D eigenvalue weighted by molar-refractivity contribution is 6.30. The van der Waals surface area contributed by atoms with Crippen LogP contribution >= 0.6 is 11.6 Å². The number of carbonyl (C=O) groups is 1. The van der Waals surface area contributed by atoms with Crippen LogP contribution in [0.3, 0.4) is 0 Å². The number of aromatic nitrogens is 2. The summed E-state index contributed by atoms with van der Waals surface area (Å²) < 4.78 is 0. The summed E-state index contributed by atoms with van der Waals surface area (Å²) in [5, 5.41) is 14.0. The van der Waals surface area contributed by atoms with Crippen LogP contribution in [0.2, 0.25) is 5.02 Å². The van der Waals surface area contributed by atoms with Gasteiger partial charge in [-0.2, -0.15) is 5.10 Å². The number of halogens is 1. The van der Waals surface area contributed by atoms with E-state index in [4.69, 9.17) is 11.6 Å². The Balaban J connectivity index is 1.60. The van der Waals surface area contributed by atoms with Crippen molar-refractivity contribution in [1.29, 1.82) is 0 Å². The zero-order valence-corrected chi connectivity index (χ0v) is 13.0. The molecule has 1 unspecified atom stereocenters. The van der Waals surface area contributed by atoms with Gasteiger partial charge in [0.2, 0.25) is 0 Å². The van der Waals surface area contributed by atoms with Gasteiger partial charge in [0.25, 0.3) is 5.91 Å². The second-order valence-electron chi connectivity index (χ2n) is 5.60. The van der Waals surface area contributed by atoms with Crippen LogP contribution in [0.1, 0.15) is 23.3 Å². The summed E-state index contributed by atoms with van der Waals surface area (Å²) >= 11 is 5.87. The van der Waals surface area contributed by atoms with Crippen LogP contribution in [0.4, 0.5) is 0 Å². The molecule has 1 fully saturated rings. The minimum atomic E-state index is -0.113. The van der Waals surface area contributed by atoms with Gasteiger partial charge in [-0.1, -0.05) is 23.7 Å². The first-order chi connectivity index (χ1) is 10.7. The molecule has 0 bridgehead atoms. The molecule has 1 aromatic carbocycles. The second-order valence-corrected chi connectivity index (χ2v) is 6.03. The predicted octanol–water partition coefficient (Wildman–Crippen LogP) is 2.46. The molecule has 1 amide bonds. The maximum absolute atomic E-state index is 12.2. The molecule has 1 saturated heterocycles. The van der Waals surface area contributed by atoms with Crippen molar-refractivity contribution in [3.05, 3.63) is 41.0 Å². The van der Waals surface area contributed by atoms with Crippen molar-refractivity contribution in [2.75, 3.05) is 19.6 Å². The smallest absolute Gasteiger partial charge is 0.269 e. The first kappa shape index (κ1) is 15.1. The van der Waals surface area contributed by atoms with Gasteiger partial charge < -0.3 is 10.6 Å². The predicted molar refractivity (Wildman–Crippen MR) is 87.0 cm³/mol. The van der Waals surface area contributed by atoms with Crippen LogP contribution in [0.15, 0.2) is 30.3 Å². The van der Waals surface area contributed by atoms with Crippen LogP contribution in [0.5, 0.6) is 0 Å². The Bertz CT molecular complexity index is 632. The summed E-state index contributed by atoms with van der Waals surface area (Å²) in [7, 11) is 0. The number of nitrogens with zero attached hydrogens (tertiary/aromatic N) is 1. The van der Waals surface area contributed by atoms with Crippen molar-refractivity contribution in [3.63, 3.8) is 0 Å². The van der Waals surface area contributed by atoms with E-state index in [1.54, 1.807) is 18.2 Å². The number of benzene rings is 1. The quantitative estimate of drug-likeness (QED) is 0.811. The zero-order valence-electron chi connectivity index (χ0n) is 12.2. The van der Waals surface area contributed by atoms with Crippen molar-refractivity contribution in [2.24, 2.45) is 5.92 Å². The summed E-state index contributed by atoms with van der Waals surface area (Å²) in [5.74, 6) is 0.398. The van der Waals surface area contributed by atoms with E-state index in [0.717, 1.165) is 30.8 Å². The third-order valence-corrected chi connectivity index (χ3v) is 4.16. The molecule has 22 heavy (non-hydrogen) atoms. The molecule has 1 aliphatic rings. The molecule has 0 aliphatic carbocycles. The van der Waals surface area contributed by atoms with Crippen LogP contribution in [-0.2, 0) is 0 Å². The van der Waals surface area contributed by atoms with Crippen LogP contribution in [0.25, 0.3) is 11.3 Å². The highest BCUT2D eigenvalue weighted by Crippen LogP contribution is 2.20. The van der Waals surface area contributed by atoms with E-state index in [9.17, 15) is 4.79 Å². The maximum Gasteiger partial charge on any atom is 0.269 e. The first-order valence-electron chi connectivity index (χ1n) is 7.52. The minimum absolute atomic E-state index is 0.113. The molecular formula is C16H19ClN4O. The third-order valence-electron chi connectivity index (χ3n) is 3.91. The molecule has 2 heterocycles. The lowest BCUT2D eigenvalue weighted by Crippen LogP contribution is -2.38. The lowest BCUT2D eigenvalue weighted by molar-refractivity contribution is 0.0940. The summed E-state index contributed by atoms with van der Waals surface area (Å²) in [6.45, 7) is 2.75. The van der Waals surface area contributed by atoms with E-state index in [-0.39, 0.29) is 5.91 Å². The van der Waals surface area contributed by atoms with E-state index in [2.05, 4.69) is 20.8 Å². The average molecular weight is 319 g/mol. The standard InChI is InChI=1S/C16H19ClN4O/c17-13-5-3-12(4-6-13)14-8-15(21-20-14)16(22)19-10-11-2-1-7-18-9-11/h3-6,8,11,18H,1-2,7,9-10H2,(H,19,22)(H,20,21). The van der Waals surface area contributed by atoms with E-state index in [1.165, 1.54) is 6.42 Å². The Kier molecular flexibility index (Phi) is 4.75. The van der Waals surface area contributed by atoms with Crippen LogP contribution < -0.4 is 10.6 Å². The molecule has 2 aromatic rings. The number of rotatable bonds is 4. The molecule has 5 nitrogen and oxygen atoms in total. The van der Waals surface area contributed by atoms with E-state index >= 15 is 0 Å². The SMILES string of the molecule is O=C(NCC1CCCNC1)c1cc(-c2ccc(Cl)cc2)n[nH]1. The van der Waals surface area contributed by atoms with Crippen LogP contribution in [-0.4, -0.2) is 35.7 Å². The van der Waals surface area contributed by atoms with Gasteiger partial charge in [-0.25, -0.2) is 0 Å². The van der Waals surface area contributed by atoms with Crippen molar-refractivity contribution < 1.29 is 4.79 Å². The van der Waals surface area contributed by atoms with Gasteiger partial charge in [-0.3, -0.25) is 9.89 Å². The Labute approximate surface area is 134 Å². The topological polar surface area (TPSA) is 69.8 Å². The van der Waals surface area contributed by atoms with Crippen molar-refractivity contribution in [2.45, 2.75) is 12.8 Å². The van der Waals surface area contributed by atoms with Gasteiger partial charge in [0.05, 0.1) is 5.69 Å². The molecule has 3 rings (SSSR count). The molecule has 1 aliphatic heterocycles. The average Bonchev–Trinajstić information content (AvgIpc) is 3.04. The number of hydrogen-bond acceptors (Lipinski definition) is 3. The fraction of sp³-hybridized carbons (Fsp3) is 0.375. The Hall–Kier alpha value is -1.85. The second kappa shape index (κ2) is 6.94. The normalized spacial score (nSPS) is 18.1. The molecule has 6 heteroatoms. The highest BCUT2D eigenvalue weighted by atomic mass is 35.5. The maximum atomic E-state index is 12.2. The third kappa shape index (κ3) is 3.67. The van der Waals surface area contributed by atoms with Gasteiger partial charge in [0.15, 0.2) is 0 Å².